The summed E-state index contributed by atoms with van der Waals surface area (Å²) in [7, 11) is -3.75. The molecule has 0 aliphatic heterocycles. The van der Waals surface area contributed by atoms with Crippen LogP contribution < -0.4 is 5.14 Å². The average Bonchev–Trinajstić information content (AvgIpc) is 3.48. The van der Waals surface area contributed by atoms with Gasteiger partial charge >= 0.3 is 6.18 Å². The number of nitrogens with zero attached hydrogens (tertiary/aromatic N) is 3. The Morgan fingerprint density at radius 1 is 1.03 bits per heavy atom. The zero-order valence-corrected chi connectivity index (χ0v) is 15.7. The molecule has 0 saturated heterocycles. The van der Waals surface area contributed by atoms with Gasteiger partial charge in [-0.05, 0) is 42.2 Å². The van der Waals surface area contributed by atoms with E-state index >= 15 is 0 Å². The summed E-state index contributed by atoms with van der Waals surface area (Å²) in [5.41, 5.74) is 0.716. The van der Waals surface area contributed by atoms with Crippen LogP contribution in [0.4, 0.5) is 13.2 Å². The molecule has 2 heterocycles. The monoisotopic (exact) mass is 420 g/mol. The predicted octanol–water partition coefficient (Wildman–Crippen LogP) is 3.48. The number of aromatic nitrogens is 3. The van der Waals surface area contributed by atoms with Gasteiger partial charge in [-0.2, -0.15) is 13.2 Å². The SMILES string of the molecule is NS(=O)(=O)c1ccc([C@@H]2C[C@H]2c2nccc(-c3cncc(C(F)(F)F)c3)n2)cc1. The van der Waals surface area contributed by atoms with E-state index < -0.39 is 21.8 Å². The van der Waals surface area contributed by atoms with Crippen LogP contribution in [0.2, 0.25) is 0 Å². The van der Waals surface area contributed by atoms with Gasteiger partial charge in [-0.25, -0.2) is 23.5 Å². The summed E-state index contributed by atoms with van der Waals surface area (Å²) in [6, 6.07) is 8.85. The van der Waals surface area contributed by atoms with Crippen LogP contribution in [0.25, 0.3) is 11.3 Å². The maximum atomic E-state index is 12.9. The highest BCUT2D eigenvalue weighted by Gasteiger charge is 2.42. The van der Waals surface area contributed by atoms with Gasteiger partial charge in [-0.3, -0.25) is 4.98 Å². The second-order valence-electron chi connectivity index (χ2n) is 6.82. The van der Waals surface area contributed by atoms with Gasteiger partial charge in [0.25, 0.3) is 0 Å². The van der Waals surface area contributed by atoms with Gasteiger partial charge in [0.15, 0.2) is 0 Å². The Morgan fingerprint density at radius 3 is 2.41 bits per heavy atom. The molecule has 1 aromatic carbocycles. The van der Waals surface area contributed by atoms with E-state index in [2.05, 4.69) is 15.0 Å². The molecule has 1 aliphatic rings. The lowest BCUT2D eigenvalue weighted by atomic mass is 10.1. The van der Waals surface area contributed by atoms with Gasteiger partial charge in [0, 0.05) is 30.1 Å². The van der Waals surface area contributed by atoms with Crippen LogP contribution in [0.1, 0.15) is 35.2 Å². The number of benzene rings is 1. The molecular formula is C19H15F3N4O2S. The van der Waals surface area contributed by atoms with E-state index in [1.165, 1.54) is 24.5 Å². The minimum absolute atomic E-state index is 0.00837. The molecule has 1 saturated carbocycles. The van der Waals surface area contributed by atoms with Crippen molar-refractivity contribution in [3.63, 3.8) is 0 Å². The van der Waals surface area contributed by atoms with Crippen molar-refractivity contribution in [1.82, 2.24) is 15.0 Å². The first kappa shape index (κ1) is 19.5. The number of primary sulfonamides is 1. The molecule has 0 unspecified atom stereocenters. The molecule has 2 aromatic heterocycles. The predicted molar refractivity (Wildman–Crippen MR) is 98.2 cm³/mol. The van der Waals surface area contributed by atoms with Gasteiger partial charge in [0.05, 0.1) is 16.2 Å². The topological polar surface area (TPSA) is 98.8 Å². The Hall–Kier alpha value is -2.85. The molecule has 3 aromatic rings. The molecule has 2 atom stereocenters. The van der Waals surface area contributed by atoms with Crippen molar-refractivity contribution in [2.45, 2.75) is 29.3 Å². The highest BCUT2D eigenvalue weighted by Crippen LogP contribution is 2.53. The Labute approximate surface area is 164 Å². The van der Waals surface area contributed by atoms with Crippen molar-refractivity contribution in [3.05, 3.63) is 71.9 Å². The van der Waals surface area contributed by atoms with Crippen LogP contribution in [0, 0.1) is 0 Å². The molecule has 1 aliphatic carbocycles. The summed E-state index contributed by atoms with van der Waals surface area (Å²) in [5.74, 6) is 0.647. The van der Waals surface area contributed by atoms with E-state index in [0.29, 0.717) is 11.5 Å². The van der Waals surface area contributed by atoms with Crippen LogP contribution >= 0.6 is 0 Å². The van der Waals surface area contributed by atoms with Gasteiger partial charge in [-0.15, -0.1) is 0 Å². The average molecular weight is 420 g/mol. The van der Waals surface area contributed by atoms with Crippen molar-refractivity contribution >= 4 is 10.0 Å². The van der Waals surface area contributed by atoms with Crippen molar-refractivity contribution in [1.29, 1.82) is 0 Å². The second kappa shape index (κ2) is 6.89. The third-order valence-electron chi connectivity index (χ3n) is 4.79. The van der Waals surface area contributed by atoms with Crippen LogP contribution in [0.15, 0.2) is 59.9 Å². The molecule has 10 heteroatoms. The molecule has 4 rings (SSSR count). The fourth-order valence-electron chi connectivity index (χ4n) is 3.20. The van der Waals surface area contributed by atoms with E-state index in [9.17, 15) is 21.6 Å². The summed E-state index contributed by atoms with van der Waals surface area (Å²) in [6.07, 6.45) is -0.106. The van der Waals surface area contributed by atoms with E-state index in [1.54, 1.807) is 18.2 Å². The largest absolute Gasteiger partial charge is 0.417 e. The molecule has 1 fully saturated rings. The first-order valence-corrected chi connectivity index (χ1v) is 10.2. The molecule has 2 N–H and O–H groups in total. The standard InChI is InChI=1S/C19H15F3N4O2S/c20-19(21,22)13-7-12(9-24-10-13)17-5-6-25-18(26-17)16-8-15(16)11-1-3-14(4-2-11)29(23,27)28/h1-7,9-10,15-16H,8H2,(H2,23,27,28)/t15-,16+/m0/s1. The third kappa shape index (κ3) is 4.13. The maximum Gasteiger partial charge on any atom is 0.417 e. The highest BCUT2D eigenvalue weighted by molar-refractivity contribution is 7.89. The Kier molecular flexibility index (Phi) is 4.62. The molecule has 0 spiro atoms. The fourth-order valence-corrected chi connectivity index (χ4v) is 3.72. The molecule has 0 radical (unpaired) electrons. The van der Waals surface area contributed by atoms with E-state index in [0.717, 1.165) is 24.2 Å². The Balaban J connectivity index is 1.57. The normalized spacial score (nSPS) is 19.2. The van der Waals surface area contributed by atoms with Crippen LogP contribution in [-0.2, 0) is 16.2 Å². The van der Waals surface area contributed by atoms with Gasteiger partial charge in [0.1, 0.15) is 5.82 Å². The number of nitrogens with two attached hydrogens (primary N) is 1. The highest BCUT2D eigenvalue weighted by atomic mass is 32.2. The quantitative estimate of drug-likeness (QED) is 0.697. The van der Waals surface area contributed by atoms with Crippen LogP contribution in [0.5, 0.6) is 0 Å². The molecular weight excluding hydrogens is 405 g/mol. The first-order valence-electron chi connectivity index (χ1n) is 8.61. The smallest absolute Gasteiger partial charge is 0.263 e. The third-order valence-corrected chi connectivity index (χ3v) is 5.72. The van der Waals surface area contributed by atoms with Crippen LogP contribution in [-0.4, -0.2) is 23.4 Å². The zero-order chi connectivity index (χ0) is 20.8. The number of hydrogen-bond acceptors (Lipinski definition) is 5. The van der Waals surface area contributed by atoms with Gasteiger partial charge in [-0.1, -0.05) is 12.1 Å². The van der Waals surface area contributed by atoms with E-state index in [4.69, 9.17) is 5.14 Å². The van der Waals surface area contributed by atoms with Crippen molar-refractivity contribution < 1.29 is 21.6 Å². The summed E-state index contributed by atoms with van der Waals surface area (Å²) >= 11 is 0. The molecule has 150 valence electrons. The fraction of sp³-hybridized carbons (Fsp3) is 0.211. The number of alkyl halides is 3. The minimum atomic E-state index is -4.48. The van der Waals surface area contributed by atoms with E-state index in [-0.39, 0.29) is 22.3 Å². The maximum absolute atomic E-state index is 12.9. The number of pyridine rings is 1. The molecule has 29 heavy (non-hydrogen) atoms. The van der Waals surface area contributed by atoms with Crippen LogP contribution in [0.3, 0.4) is 0 Å². The lowest BCUT2D eigenvalue weighted by molar-refractivity contribution is -0.137. The second-order valence-corrected chi connectivity index (χ2v) is 8.38. The molecule has 0 bridgehead atoms. The zero-order valence-electron chi connectivity index (χ0n) is 14.8. The minimum Gasteiger partial charge on any atom is -0.263 e. The number of halogens is 3. The number of hydrogen-bond donors (Lipinski definition) is 1. The summed E-state index contributed by atoms with van der Waals surface area (Å²) in [5, 5.41) is 5.10. The first-order chi connectivity index (χ1) is 13.6. The lowest BCUT2D eigenvalue weighted by Crippen LogP contribution is -2.11. The molecule has 0 amide bonds. The summed E-state index contributed by atoms with van der Waals surface area (Å²) in [6.45, 7) is 0. The van der Waals surface area contributed by atoms with Crippen molar-refractivity contribution in [2.75, 3.05) is 0 Å². The Morgan fingerprint density at radius 2 is 1.76 bits per heavy atom. The van der Waals surface area contributed by atoms with Gasteiger partial charge in [0.2, 0.25) is 10.0 Å². The molecule has 6 nitrogen and oxygen atoms in total. The van der Waals surface area contributed by atoms with Crippen molar-refractivity contribution in [3.8, 4) is 11.3 Å². The summed E-state index contributed by atoms with van der Waals surface area (Å²) in [4.78, 5) is 12.4. The lowest BCUT2D eigenvalue weighted by Gasteiger charge is -2.08. The van der Waals surface area contributed by atoms with Gasteiger partial charge < -0.3 is 0 Å². The van der Waals surface area contributed by atoms with Crippen molar-refractivity contribution in [2.24, 2.45) is 5.14 Å². The van der Waals surface area contributed by atoms with E-state index in [1.807, 2.05) is 0 Å². The number of sulfonamides is 1. The summed E-state index contributed by atoms with van der Waals surface area (Å²) < 4.78 is 61.5. The number of rotatable bonds is 4. The Bertz CT molecular complexity index is 1160.